The Balaban J connectivity index is 2.62. The van der Waals surface area contributed by atoms with E-state index in [1.165, 1.54) is 5.56 Å². The van der Waals surface area contributed by atoms with Crippen molar-refractivity contribution in [1.29, 1.82) is 0 Å². The van der Waals surface area contributed by atoms with Crippen LogP contribution < -0.4 is 10.1 Å². The van der Waals surface area contributed by atoms with Crippen molar-refractivity contribution in [1.82, 2.24) is 5.32 Å². The van der Waals surface area contributed by atoms with Crippen LogP contribution >= 0.6 is 0 Å². The smallest absolute Gasteiger partial charge is 0.122 e. The van der Waals surface area contributed by atoms with Crippen molar-refractivity contribution < 1.29 is 4.74 Å². The van der Waals surface area contributed by atoms with Crippen molar-refractivity contribution in [3.63, 3.8) is 0 Å². The highest BCUT2D eigenvalue weighted by Gasteiger charge is 2.16. The van der Waals surface area contributed by atoms with Gasteiger partial charge < -0.3 is 10.1 Å². The van der Waals surface area contributed by atoms with Crippen molar-refractivity contribution in [3.8, 4) is 5.75 Å². The summed E-state index contributed by atoms with van der Waals surface area (Å²) in [5.74, 6) is 2.22. The van der Waals surface area contributed by atoms with Crippen LogP contribution in [-0.2, 0) is 6.42 Å². The van der Waals surface area contributed by atoms with Crippen molar-refractivity contribution in [3.05, 3.63) is 29.8 Å². The molecule has 19 heavy (non-hydrogen) atoms. The molecule has 0 radical (unpaired) electrons. The van der Waals surface area contributed by atoms with Gasteiger partial charge in [-0.05, 0) is 36.4 Å². The van der Waals surface area contributed by atoms with Gasteiger partial charge in [0, 0.05) is 6.54 Å². The van der Waals surface area contributed by atoms with Crippen LogP contribution in [0.1, 0.15) is 40.2 Å². The molecule has 0 amide bonds. The predicted molar refractivity (Wildman–Crippen MR) is 82.8 cm³/mol. The molecular weight excluding hydrogens is 234 g/mol. The Hall–Kier alpha value is -1.02. The zero-order valence-corrected chi connectivity index (χ0v) is 13.1. The Labute approximate surface area is 118 Å². The zero-order valence-electron chi connectivity index (χ0n) is 13.1. The Morgan fingerprint density at radius 2 is 1.74 bits per heavy atom. The summed E-state index contributed by atoms with van der Waals surface area (Å²) >= 11 is 0. The van der Waals surface area contributed by atoms with E-state index in [0.29, 0.717) is 11.8 Å². The summed E-state index contributed by atoms with van der Waals surface area (Å²) in [5.41, 5.74) is 1.29. The summed E-state index contributed by atoms with van der Waals surface area (Å²) in [7, 11) is 0. The van der Waals surface area contributed by atoms with E-state index in [9.17, 15) is 0 Å². The lowest BCUT2D eigenvalue weighted by atomic mass is 10.1. The van der Waals surface area contributed by atoms with E-state index in [1.54, 1.807) is 0 Å². The first-order valence-electron chi connectivity index (χ1n) is 7.49. The van der Waals surface area contributed by atoms with Crippen LogP contribution in [0.3, 0.4) is 0 Å². The standard InChI is InChI=1S/C17H29NO/c1-6-15-9-7-8-10-16(15)19-17(14(4)5)12-18-11-13(2)3/h7-10,13-14,17-18H,6,11-12H2,1-5H3. The Morgan fingerprint density at radius 1 is 1.05 bits per heavy atom. The van der Waals surface area contributed by atoms with Gasteiger partial charge in [0.1, 0.15) is 11.9 Å². The van der Waals surface area contributed by atoms with Crippen LogP contribution in [-0.4, -0.2) is 19.2 Å². The van der Waals surface area contributed by atoms with E-state index in [4.69, 9.17) is 4.74 Å². The molecule has 108 valence electrons. The summed E-state index contributed by atoms with van der Waals surface area (Å²) in [4.78, 5) is 0. The molecule has 0 aliphatic rings. The molecule has 0 heterocycles. The molecule has 2 nitrogen and oxygen atoms in total. The molecule has 2 heteroatoms. The maximum atomic E-state index is 6.22. The third-order valence-corrected chi connectivity index (χ3v) is 3.27. The molecule has 0 bridgehead atoms. The van der Waals surface area contributed by atoms with Gasteiger partial charge in [-0.1, -0.05) is 52.8 Å². The number of benzene rings is 1. The van der Waals surface area contributed by atoms with Crippen LogP contribution in [0, 0.1) is 11.8 Å². The molecular formula is C17H29NO. The summed E-state index contributed by atoms with van der Waals surface area (Å²) in [6.07, 6.45) is 1.24. The summed E-state index contributed by atoms with van der Waals surface area (Å²) < 4.78 is 6.22. The first-order valence-corrected chi connectivity index (χ1v) is 7.49. The largest absolute Gasteiger partial charge is 0.489 e. The molecule has 0 aromatic heterocycles. The average molecular weight is 263 g/mol. The van der Waals surface area contributed by atoms with E-state index in [0.717, 1.165) is 25.3 Å². The van der Waals surface area contributed by atoms with E-state index in [2.05, 4.69) is 58.1 Å². The SMILES string of the molecule is CCc1ccccc1OC(CNCC(C)C)C(C)C. The van der Waals surface area contributed by atoms with Crippen molar-refractivity contribution in [2.45, 2.75) is 47.1 Å². The average Bonchev–Trinajstić information content (AvgIpc) is 2.37. The highest BCUT2D eigenvalue weighted by atomic mass is 16.5. The Bertz CT molecular complexity index is 360. The summed E-state index contributed by atoms with van der Waals surface area (Å²) in [6.45, 7) is 13.0. The molecule has 1 rings (SSSR count). The van der Waals surface area contributed by atoms with Crippen molar-refractivity contribution in [2.24, 2.45) is 11.8 Å². The lowest BCUT2D eigenvalue weighted by Crippen LogP contribution is -2.37. The van der Waals surface area contributed by atoms with Gasteiger partial charge >= 0.3 is 0 Å². The zero-order chi connectivity index (χ0) is 14.3. The number of ether oxygens (including phenoxy) is 1. The number of hydrogen-bond donors (Lipinski definition) is 1. The van der Waals surface area contributed by atoms with Gasteiger partial charge in [-0.3, -0.25) is 0 Å². The molecule has 1 aromatic rings. The molecule has 0 aliphatic heterocycles. The highest BCUT2D eigenvalue weighted by Crippen LogP contribution is 2.21. The monoisotopic (exact) mass is 263 g/mol. The fraction of sp³-hybridized carbons (Fsp3) is 0.647. The first-order chi connectivity index (χ1) is 9.04. The lowest BCUT2D eigenvalue weighted by Gasteiger charge is -2.25. The molecule has 0 spiro atoms. The number of hydrogen-bond acceptors (Lipinski definition) is 2. The second kappa shape index (κ2) is 8.21. The van der Waals surface area contributed by atoms with E-state index in [-0.39, 0.29) is 6.10 Å². The van der Waals surface area contributed by atoms with Gasteiger partial charge in [-0.25, -0.2) is 0 Å². The van der Waals surface area contributed by atoms with Crippen LogP contribution in [0.4, 0.5) is 0 Å². The lowest BCUT2D eigenvalue weighted by molar-refractivity contribution is 0.146. The van der Waals surface area contributed by atoms with Gasteiger partial charge in [-0.2, -0.15) is 0 Å². The Morgan fingerprint density at radius 3 is 2.32 bits per heavy atom. The van der Waals surface area contributed by atoms with E-state index in [1.807, 2.05) is 6.07 Å². The highest BCUT2D eigenvalue weighted by molar-refractivity contribution is 5.33. The third-order valence-electron chi connectivity index (χ3n) is 3.27. The van der Waals surface area contributed by atoms with Crippen LogP contribution in [0.5, 0.6) is 5.75 Å². The van der Waals surface area contributed by atoms with E-state index >= 15 is 0 Å². The van der Waals surface area contributed by atoms with E-state index < -0.39 is 0 Å². The quantitative estimate of drug-likeness (QED) is 0.768. The normalized spacial score (nSPS) is 13.0. The number of para-hydroxylation sites is 1. The molecule has 1 unspecified atom stereocenters. The topological polar surface area (TPSA) is 21.3 Å². The van der Waals surface area contributed by atoms with Crippen molar-refractivity contribution >= 4 is 0 Å². The van der Waals surface area contributed by atoms with Crippen LogP contribution in [0.15, 0.2) is 24.3 Å². The van der Waals surface area contributed by atoms with Gasteiger partial charge in [0.05, 0.1) is 0 Å². The number of nitrogens with one attached hydrogen (secondary N) is 1. The second-order valence-electron chi connectivity index (χ2n) is 5.91. The maximum absolute atomic E-state index is 6.22. The first kappa shape index (κ1) is 16.0. The fourth-order valence-electron chi connectivity index (χ4n) is 2.00. The van der Waals surface area contributed by atoms with Crippen molar-refractivity contribution in [2.75, 3.05) is 13.1 Å². The third kappa shape index (κ3) is 5.65. The van der Waals surface area contributed by atoms with Crippen LogP contribution in [0.2, 0.25) is 0 Å². The Kier molecular flexibility index (Phi) is 6.93. The minimum Gasteiger partial charge on any atom is -0.489 e. The minimum atomic E-state index is 0.228. The second-order valence-corrected chi connectivity index (χ2v) is 5.91. The molecule has 0 saturated heterocycles. The molecule has 1 N–H and O–H groups in total. The maximum Gasteiger partial charge on any atom is 0.122 e. The minimum absolute atomic E-state index is 0.228. The van der Waals surface area contributed by atoms with Crippen LogP contribution in [0.25, 0.3) is 0 Å². The molecule has 0 fully saturated rings. The number of aryl methyl sites for hydroxylation is 1. The van der Waals surface area contributed by atoms with Gasteiger partial charge in [0.25, 0.3) is 0 Å². The van der Waals surface area contributed by atoms with Gasteiger partial charge in [-0.15, -0.1) is 0 Å². The summed E-state index contributed by atoms with van der Waals surface area (Å²) in [5, 5.41) is 3.50. The molecule has 0 aliphatic carbocycles. The molecule has 0 saturated carbocycles. The fourth-order valence-corrected chi connectivity index (χ4v) is 2.00. The number of rotatable bonds is 8. The molecule has 1 atom stereocenters. The van der Waals surface area contributed by atoms with Gasteiger partial charge in [0.15, 0.2) is 0 Å². The predicted octanol–water partition coefficient (Wildman–Crippen LogP) is 3.90. The molecule has 1 aromatic carbocycles. The summed E-state index contributed by atoms with van der Waals surface area (Å²) in [6, 6.07) is 8.35. The van der Waals surface area contributed by atoms with Gasteiger partial charge in [0.2, 0.25) is 0 Å².